The smallest absolute Gasteiger partial charge is 0.182 e. The van der Waals surface area contributed by atoms with E-state index in [9.17, 15) is 51.1 Å². The van der Waals surface area contributed by atoms with Gasteiger partial charge in [-0.05, 0) is 289 Å². The molecule has 15 aromatic rings. The van der Waals surface area contributed by atoms with E-state index in [0.717, 1.165) is 164 Å². The number of nitrogens with zero attached hydrogens (tertiary/aromatic N) is 10. The highest BCUT2D eigenvalue weighted by Gasteiger charge is 2.28. The molecule has 148 heavy (non-hydrogen) atoms. The molecule has 10 aromatic carbocycles. The number of nitrogens with one attached hydrogen (secondary N) is 5. The summed E-state index contributed by atoms with van der Waals surface area (Å²) in [6, 6.07) is 46.0. The van der Waals surface area contributed by atoms with Gasteiger partial charge in [0.1, 0.15) is 86.2 Å². The van der Waals surface area contributed by atoms with Crippen LogP contribution in [-0.4, -0.2) is 201 Å². The third-order valence-electron chi connectivity index (χ3n) is 25.8. The van der Waals surface area contributed by atoms with Crippen molar-refractivity contribution in [3.8, 4) is 171 Å². The summed E-state index contributed by atoms with van der Waals surface area (Å²) in [5, 5.41) is 103. The Balaban J connectivity index is 0.000000176. The monoisotopic (exact) mass is 2110 g/mol. The Labute approximate surface area is 891 Å². The van der Waals surface area contributed by atoms with Crippen molar-refractivity contribution in [2.45, 2.75) is 166 Å². The first-order valence-corrected chi connectivity index (χ1v) is 51.3. The lowest BCUT2D eigenvalue weighted by Crippen LogP contribution is -2.31. The third-order valence-corrected chi connectivity index (χ3v) is 27.3. The van der Waals surface area contributed by atoms with Crippen LogP contribution >= 0.6 is 61.1 Å². The molecular weight excluding hydrogens is 1970 g/mol. The minimum absolute atomic E-state index is 0.00134. The number of aromatic hydroxyl groups is 10. The van der Waals surface area contributed by atoms with E-state index in [1.807, 2.05) is 214 Å². The topological polar surface area (TPSA) is 368 Å². The number of benzene rings is 10. The molecule has 0 unspecified atom stereocenters. The van der Waals surface area contributed by atoms with Gasteiger partial charge in [0.15, 0.2) is 23.9 Å². The molecule has 788 valence electrons. The van der Waals surface area contributed by atoms with E-state index in [2.05, 4.69) is 106 Å². The zero-order valence-electron chi connectivity index (χ0n) is 88.9. The maximum Gasteiger partial charge on any atom is 0.182 e. The van der Waals surface area contributed by atoms with Crippen molar-refractivity contribution in [1.29, 1.82) is 0 Å². The van der Waals surface area contributed by atoms with Crippen LogP contribution in [0.3, 0.4) is 0 Å². The third kappa shape index (κ3) is 24.9. The Hall–Kier alpha value is -14.7. The lowest BCUT2D eigenvalue weighted by Gasteiger charge is -2.30. The van der Waals surface area contributed by atoms with E-state index in [4.69, 9.17) is 84.8 Å². The Bertz CT molecular complexity index is 7500. The molecule has 0 radical (unpaired) electrons. The predicted octanol–water partition coefficient (Wildman–Crippen LogP) is 26.8. The molecule has 30 nitrogen and oxygen atoms in total. The van der Waals surface area contributed by atoms with Crippen LogP contribution < -0.4 is 48.2 Å². The minimum Gasteiger partial charge on any atom is -0.508 e. The Morgan fingerprint density at radius 2 is 0.541 bits per heavy atom. The number of hydrogen-bond donors (Lipinski definition) is 15. The van der Waals surface area contributed by atoms with Crippen molar-refractivity contribution >= 4 is 89.5 Å². The number of hydrogen-bond acceptors (Lipinski definition) is 25. The number of aromatic nitrogens is 10. The summed E-state index contributed by atoms with van der Waals surface area (Å²) in [5.74, 6) is 4.58. The lowest BCUT2D eigenvalue weighted by molar-refractivity contribution is 0.413. The molecule has 0 saturated heterocycles. The maximum absolute atomic E-state index is 10.6. The molecule has 5 heterocycles. The second-order valence-electron chi connectivity index (χ2n) is 37.3. The molecule has 0 aliphatic heterocycles. The second-order valence-corrected chi connectivity index (χ2v) is 39.2. The number of methoxy groups -OCH3 is 5. The first kappa shape index (κ1) is 114. The van der Waals surface area contributed by atoms with Crippen LogP contribution in [0.15, 0.2) is 183 Å². The maximum atomic E-state index is 10.6. The lowest BCUT2D eigenvalue weighted by atomic mass is 9.97. The normalized spacial score (nSPS) is 11.1. The molecule has 0 aliphatic rings. The van der Waals surface area contributed by atoms with E-state index in [-0.39, 0.29) is 75.2 Å². The molecule has 0 atom stereocenters. The van der Waals surface area contributed by atoms with E-state index < -0.39 is 0 Å². The fourth-order valence-corrected chi connectivity index (χ4v) is 19.3. The Kier molecular flexibility index (Phi) is 38.5. The molecule has 0 amide bonds. The zero-order valence-corrected chi connectivity index (χ0v) is 93.0. The van der Waals surface area contributed by atoms with Gasteiger partial charge < -0.3 is 124 Å². The quantitative estimate of drug-likeness (QED) is 0.0170. The Morgan fingerprint density at radius 1 is 0.277 bits per heavy atom. The standard InChI is InChI=1S/C25H33N3O3S.2C23H29N3O3S.C22H27N3O3S.C20H23N3O3S/c1-7-10-27(16(4)5)20-11-17(8-9-24(20)31-6)28-21(14-26-25(28)32)19-12-18(15(2)3)22(29)13-23(19)30;1-6-9-25(4)18-10-15(7-8-22(18)29-5)26-19(13-24-23(26)30)17-11-16(14(2)3)20(27)12-21(17)28;1-6-15-10-17(21(28)12-20(15)27)19-13-24-23(30)26(19)16-8-9-22(29-5)18(11-16)25(7-2)14(3)4;1-6-24(4)17-9-14(7-8-21(17)28-5)25-18(12-23-22(25)29)16-10-15(13(2)3)19(26)11-20(16)27;1-5-12-8-14(18(25)10-17(12)24)16-11-21-20(27)23(16)13-6-7-15(22(2)3)19(9-13)26-4/h8-9,11-16,29-30H,7,10H2,1-6H3,(H,26,32);7-8,10-14,27-28H,6,9H2,1-5H3,(H,24,30);8-14,27-28H,6-7H2,1-5H3,(H,24,30);7-13,26-27H,6H2,1-5H3,(H,23,29);6-11,24-25H,5H2,1-4H3,(H,21,27). The Morgan fingerprint density at radius 3 is 0.804 bits per heavy atom. The van der Waals surface area contributed by atoms with Gasteiger partial charge in [0.25, 0.3) is 0 Å². The van der Waals surface area contributed by atoms with E-state index in [0.29, 0.717) is 93.7 Å². The summed E-state index contributed by atoms with van der Waals surface area (Å²) in [5.41, 5.74) is 19.4. The highest BCUT2D eigenvalue weighted by Crippen LogP contribution is 2.48. The zero-order chi connectivity index (χ0) is 109. The highest BCUT2D eigenvalue weighted by atomic mass is 32.1. The van der Waals surface area contributed by atoms with E-state index >= 15 is 0 Å². The number of aromatic amines is 5. The van der Waals surface area contributed by atoms with Gasteiger partial charge in [0, 0.05) is 162 Å². The van der Waals surface area contributed by atoms with Crippen LogP contribution in [0.4, 0.5) is 28.4 Å². The van der Waals surface area contributed by atoms with Gasteiger partial charge in [-0.2, -0.15) is 0 Å². The fourth-order valence-electron chi connectivity index (χ4n) is 17.9. The summed E-state index contributed by atoms with van der Waals surface area (Å²) in [6.07, 6.45) is 12.2. The van der Waals surface area contributed by atoms with Gasteiger partial charge in [-0.15, -0.1) is 0 Å². The summed E-state index contributed by atoms with van der Waals surface area (Å²) in [4.78, 5) is 26.2. The van der Waals surface area contributed by atoms with Crippen molar-refractivity contribution < 1.29 is 74.7 Å². The summed E-state index contributed by atoms with van der Waals surface area (Å²) >= 11 is 27.8. The molecule has 0 saturated carbocycles. The van der Waals surface area contributed by atoms with Gasteiger partial charge in [0.2, 0.25) is 0 Å². The SMILES string of the molecule is CCCN(C)c1cc(-n2c(-c3cc(C(C)C)c(O)cc3O)c[nH]c2=S)ccc1OC.CCCN(c1cc(-n2c(-c3cc(C(C)C)c(O)cc3O)c[nH]c2=S)ccc1OC)C(C)C.CCN(C)c1cc(-n2c(-c3cc(C(C)C)c(O)cc3O)c[nH]c2=S)ccc1OC.CCc1cc(-c2c[nH]c(=S)n2-c2ccc(N(C)C)c(OC)c2)c(O)cc1O.CCc1cc(-c2c[nH]c(=S)n2-c2ccc(OC)c(N(CC)C(C)C)c2)c(O)cc1O. The number of H-pyrrole nitrogens is 5. The summed E-state index contributed by atoms with van der Waals surface area (Å²) in [7, 11) is 16.2. The number of aryl methyl sites for hydroxylation is 2. The molecule has 5 aromatic heterocycles. The predicted molar refractivity (Wildman–Crippen MR) is 610 cm³/mol. The molecule has 0 spiro atoms. The number of imidazole rings is 5. The average molecular weight is 2110 g/mol. The average Bonchev–Trinajstić information content (AvgIpc) is 1.57. The van der Waals surface area contributed by atoms with Gasteiger partial charge in [-0.1, -0.05) is 69.2 Å². The first-order valence-electron chi connectivity index (χ1n) is 49.3. The number of ether oxygens (including phenoxy) is 5. The van der Waals surface area contributed by atoms with E-state index in [1.54, 1.807) is 78.7 Å². The van der Waals surface area contributed by atoms with Crippen LogP contribution in [0.2, 0.25) is 0 Å². The van der Waals surface area contributed by atoms with Crippen molar-refractivity contribution in [1.82, 2.24) is 47.8 Å². The van der Waals surface area contributed by atoms with Gasteiger partial charge in [0.05, 0.1) is 121 Å². The number of anilines is 5. The second kappa shape index (κ2) is 50.2. The van der Waals surface area contributed by atoms with Crippen LogP contribution in [-0.2, 0) is 12.8 Å². The van der Waals surface area contributed by atoms with Crippen molar-refractivity contribution in [3.05, 3.63) is 234 Å². The van der Waals surface area contributed by atoms with Crippen LogP contribution in [0.1, 0.15) is 169 Å². The molecule has 35 heteroatoms. The van der Waals surface area contributed by atoms with Crippen LogP contribution in [0.25, 0.3) is 84.7 Å². The molecule has 0 aliphatic carbocycles. The molecular formula is C113H141N15O15S5. The highest BCUT2D eigenvalue weighted by molar-refractivity contribution is 7.72. The number of rotatable bonds is 33. The minimum atomic E-state index is -0.00988. The van der Waals surface area contributed by atoms with Crippen molar-refractivity contribution in [2.75, 3.05) is 114 Å². The van der Waals surface area contributed by atoms with Crippen molar-refractivity contribution in [2.24, 2.45) is 0 Å². The molecule has 15 N–H and O–H groups in total. The number of phenolic OH excluding ortho intramolecular Hbond substituents is 10. The fraction of sp³-hybridized carbons (Fsp3) is 0.336. The molecule has 0 fully saturated rings. The van der Waals surface area contributed by atoms with Crippen LogP contribution in [0.5, 0.6) is 86.2 Å². The summed E-state index contributed by atoms with van der Waals surface area (Å²) in [6.45, 7) is 36.4. The van der Waals surface area contributed by atoms with Crippen molar-refractivity contribution in [3.63, 3.8) is 0 Å². The first-order chi connectivity index (χ1) is 70.4. The molecule has 0 bridgehead atoms. The van der Waals surface area contributed by atoms with Crippen LogP contribution in [0, 0.1) is 23.9 Å². The van der Waals surface area contributed by atoms with Gasteiger partial charge >= 0.3 is 0 Å². The van der Waals surface area contributed by atoms with Gasteiger partial charge in [-0.3, -0.25) is 22.8 Å². The summed E-state index contributed by atoms with van der Waals surface area (Å²) < 4.78 is 39.8. The number of phenols is 10. The van der Waals surface area contributed by atoms with Gasteiger partial charge in [-0.25, -0.2) is 0 Å². The molecule has 15 rings (SSSR count). The van der Waals surface area contributed by atoms with E-state index in [1.165, 1.54) is 30.3 Å². The largest absolute Gasteiger partial charge is 0.508 e.